The zero-order chi connectivity index (χ0) is 23.3. The van der Waals surface area contributed by atoms with E-state index >= 15 is 0 Å². The number of hydrogen-bond donors (Lipinski definition) is 2. The summed E-state index contributed by atoms with van der Waals surface area (Å²) in [5.74, 6) is -0.263. The van der Waals surface area contributed by atoms with Crippen molar-refractivity contribution in [1.82, 2.24) is 19.8 Å². The molecule has 2 aromatic carbocycles. The van der Waals surface area contributed by atoms with E-state index in [4.69, 9.17) is 12.2 Å². The minimum atomic E-state index is -0.263. The first-order chi connectivity index (χ1) is 16.7. The molecule has 4 aromatic rings. The Kier molecular flexibility index (Phi) is 6.53. The summed E-state index contributed by atoms with van der Waals surface area (Å²) in [6.45, 7) is 1.57. The zero-order valence-corrected chi connectivity index (χ0v) is 19.5. The lowest BCUT2D eigenvalue weighted by Crippen LogP contribution is -2.32. The van der Waals surface area contributed by atoms with E-state index in [0.717, 1.165) is 36.6 Å². The van der Waals surface area contributed by atoms with Crippen molar-refractivity contribution >= 4 is 23.0 Å². The Bertz CT molecular complexity index is 1240. The molecule has 5 nitrogen and oxygen atoms in total. The van der Waals surface area contributed by atoms with Crippen LogP contribution in [0.3, 0.4) is 0 Å². The van der Waals surface area contributed by atoms with Crippen LogP contribution in [0.1, 0.15) is 29.9 Å². The third-order valence-corrected chi connectivity index (χ3v) is 6.42. The van der Waals surface area contributed by atoms with Crippen molar-refractivity contribution in [3.05, 3.63) is 115 Å². The standard InChI is InChI=1S/C27H26FN5S/c28-21-12-4-5-14-23(21)32-18-8-15-24(32)26-25(22-13-6-7-16-30-22)31-27(34)33(26)19-9-17-29-20-10-2-1-3-11-20/h1-8,10-16,18,25-26,29H,9,17,19H2,(H,31,34)/t25-,26-/m1/s1. The Morgan fingerprint density at radius 3 is 2.53 bits per heavy atom. The third-order valence-electron chi connectivity index (χ3n) is 6.07. The second-order valence-electron chi connectivity index (χ2n) is 8.22. The number of para-hydroxylation sites is 2. The molecule has 0 aliphatic carbocycles. The largest absolute Gasteiger partial charge is 0.385 e. The van der Waals surface area contributed by atoms with Gasteiger partial charge in [0.15, 0.2) is 5.11 Å². The van der Waals surface area contributed by atoms with Gasteiger partial charge in [0.2, 0.25) is 0 Å². The van der Waals surface area contributed by atoms with Gasteiger partial charge in [-0.2, -0.15) is 0 Å². The predicted molar refractivity (Wildman–Crippen MR) is 137 cm³/mol. The molecule has 0 amide bonds. The minimum Gasteiger partial charge on any atom is -0.385 e. The number of benzene rings is 2. The summed E-state index contributed by atoms with van der Waals surface area (Å²) in [4.78, 5) is 6.80. The van der Waals surface area contributed by atoms with Crippen molar-refractivity contribution in [2.24, 2.45) is 0 Å². The lowest BCUT2D eigenvalue weighted by molar-refractivity contribution is 0.307. The van der Waals surface area contributed by atoms with E-state index in [1.807, 2.05) is 65.4 Å². The highest BCUT2D eigenvalue weighted by atomic mass is 32.1. The van der Waals surface area contributed by atoms with Gasteiger partial charge in [0.05, 0.1) is 23.5 Å². The van der Waals surface area contributed by atoms with Crippen LogP contribution in [0.25, 0.3) is 5.69 Å². The van der Waals surface area contributed by atoms with Crippen LogP contribution in [0, 0.1) is 5.82 Å². The van der Waals surface area contributed by atoms with Gasteiger partial charge < -0.3 is 20.1 Å². The molecule has 34 heavy (non-hydrogen) atoms. The number of pyridine rings is 1. The summed E-state index contributed by atoms with van der Waals surface area (Å²) < 4.78 is 16.6. The van der Waals surface area contributed by atoms with E-state index in [0.29, 0.717) is 10.8 Å². The van der Waals surface area contributed by atoms with E-state index < -0.39 is 0 Å². The lowest BCUT2D eigenvalue weighted by atomic mass is 10.0. The topological polar surface area (TPSA) is 45.1 Å². The molecule has 7 heteroatoms. The predicted octanol–water partition coefficient (Wildman–Crippen LogP) is 5.49. The molecular formula is C27H26FN5S. The summed E-state index contributed by atoms with van der Waals surface area (Å²) >= 11 is 5.78. The van der Waals surface area contributed by atoms with Gasteiger partial charge in [0.25, 0.3) is 0 Å². The first kappa shape index (κ1) is 22.1. The number of anilines is 1. The van der Waals surface area contributed by atoms with Crippen LogP contribution in [-0.2, 0) is 0 Å². The Labute approximate surface area is 204 Å². The number of nitrogens with zero attached hydrogens (tertiary/aromatic N) is 3. The minimum absolute atomic E-state index is 0.131. The first-order valence-corrected chi connectivity index (χ1v) is 11.8. The van der Waals surface area contributed by atoms with Crippen molar-refractivity contribution in [2.45, 2.75) is 18.5 Å². The molecule has 5 rings (SSSR count). The van der Waals surface area contributed by atoms with Crippen LogP contribution in [0.2, 0.25) is 0 Å². The molecule has 0 saturated carbocycles. The SMILES string of the molecule is Fc1ccccc1-n1cccc1[C@@H]1[C@@H](c2ccccn2)NC(=S)N1CCCNc1ccccc1. The third kappa shape index (κ3) is 4.52. The number of thiocarbonyl (C=S) groups is 1. The van der Waals surface area contributed by atoms with E-state index in [-0.39, 0.29) is 17.9 Å². The first-order valence-electron chi connectivity index (χ1n) is 11.4. The van der Waals surface area contributed by atoms with Crippen LogP contribution in [0.5, 0.6) is 0 Å². The lowest BCUT2D eigenvalue weighted by Gasteiger charge is -2.29. The van der Waals surface area contributed by atoms with Gasteiger partial charge in [-0.15, -0.1) is 0 Å². The average Bonchev–Trinajstić information content (AvgIpc) is 3.47. The fourth-order valence-corrected chi connectivity index (χ4v) is 4.84. The summed E-state index contributed by atoms with van der Waals surface area (Å²) in [5, 5.41) is 7.62. The van der Waals surface area contributed by atoms with Crippen molar-refractivity contribution in [3.63, 3.8) is 0 Å². The Morgan fingerprint density at radius 1 is 0.941 bits per heavy atom. The highest BCUT2D eigenvalue weighted by Crippen LogP contribution is 2.39. The molecule has 2 aromatic heterocycles. The molecule has 1 saturated heterocycles. The van der Waals surface area contributed by atoms with Crippen molar-refractivity contribution in [3.8, 4) is 5.69 Å². The average molecular weight is 472 g/mol. The van der Waals surface area contributed by atoms with Crippen LogP contribution >= 0.6 is 12.2 Å². The maximum atomic E-state index is 14.7. The summed E-state index contributed by atoms with van der Waals surface area (Å²) in [6, 6.07) is 26.6. The highest BCUT2D eigenvalue weighted by molar-refractivity contribution is 7.80. The number of halogens is 1. The maximum Gasteiger partial charge on any atom is 0.170 e. The van der Waals surface area contributed by atoms with Gasteiger partial charge >= 0.3 is 0 Å². The molecule has 3 heterocycles. The molecule has 172 valence electrons. The van der Waals surface area contributed by atoms with Crippen molar-refractivity contribution in [1.29, 1.82) is 0 Å². The molecule has 0 spiro atoms. The van der Waals surface area contributed by atoms with Gasteiger partial charge in [-0.25, -0.2) is 4.39 Å². The van der Waals surface area contributed by atoms with Gasteiger partial charge in [-0.1, -0.05) is 36.4 Å². The quantitative estimate of drug-likeness (QED) is 0.263. The van der Waals surface area contributed by atoms with E-state index in [1.54, 1.807) is 18.3 Å². The van der Waals surface area contributed by atoms with Crippen LogP contribution < -0.4 is 10.6 Å². The maximum absolute atomic E-state index is 14.7. The molecule has 1 aliphatic heterocycles. The summed E-state index contributed by atoms with van der Waals surface area (Å²) in [5.41, 5.74) is 3.48. The molecule has 0 radical (unpaired) electrons. The Morgan fingerprint density at radius 2 is 1.74 bits per heavy atom. The Balaban J connectivity index is 1.44. The van der Waals surface area contributed by atoms with Crippen LogP contribution in [0.15, 0.2) is 97.3 Å². The van der Waals surface area contributed by atoms with Crippen molar-refractivity contribution < 1.29 is 4.39 Å². The number of hydrogen-bond acceptors (Lipinski definition) is 3. The molecule has 1 fully saturated rings. The van der Waals surface area contributed by atoms with E-state index in [1.165, 1.54) is 6.07 Å². The van der Waals surface area contributed by atoms with Crippen LogP contribution in [0.4, 0.5) is 10.1 Å². The fourth-order valence-electron chi connectivity index (χ4n) is 4.51. The summed E-state index contributed by atoms with van der Waals surface area (Å²) in [7, 11) is 0. The second kappa shape index (κ2) is 10.1. The molecular weight excluding hydrogens is 445 g/mol. The second-order valence-corrected chi connectivity index (χ2v) is 8.61. The monoisotopic (exact) mass is 471 g/mol. The van der Waals surface area contributed by atoms with E-state index in [2.05, 4.69) is 32.7 Å². The number of aromatic nitrogens is 2. The van der Waals surface area contributed by atoms with Gasteiger partial charge in [0.1, 0.15) is 5.82 Å². The highest BCUT2D eigenvalue weighted by Gasteiger charge is 2.41. The zero-order valence-electron chi connectivity index (χ0n) is 18.6. The number of rotatable bonds is 8. The molecule has 0 bridgehead atoms. The van der Waals surface area contributed by atoms with Gasteiger partial charge in [0, 0.05) is 36.9 Å². The Hall–Kier alpha value is -3.71. The van der Waals surface area contributed by atoms with Gasteiger partial charge in [-0.3, -0.25) is 4.98 Å². The van der Waals surface area contributed by atoms with Gasteiger partial charge in [-0.05, 0) is 67.2 Å². The van der Waals surface area contributed by atoms with E-state index in [9.17, 15) is 4.39 Å². The normalized spacial score (nSPS) is 17.6. The molecule has 1 aliphatic rings. The summed E-state index contributed by atoms with van der Waals surface area (Å²) in [6.07, 6.45) is 4.59. The van der Waals surface area contributed by atoms with Crippen LogP contribution in [-0.4, -0.2) is 32.7 Å². The molecule has 2 N–H and O–H groups in total. The molecule has 0 unspecified atom stereocenters. The fraction of sp³-hybridized carbons (Fsp3) is 0.185. The number of nitrogens with one attached hydrogen (secondary N) is 2. The molecule has 2 atom stereocenters. The smallest absolute Gasteiger partial charge is 0.170 e. The van der Waals surface area contributed by atoms with Crippen molar-refractivity contribution in [2.75, 3.05) is 18.4 Å².